The van der Waals surface area contributed by atoms with Crippen LogP contribution in [0.1, 0.15) is 56.1 Å². The highest BCUT2D eigenvalue weighted by Gasteiger charge is 2.27. The molecule has 1 unspecified atom stereocenters. The van der Waals surface area contributed by atoms with Crippen LogP contribution in [0.4, 0.5) is 4.79 Å². The van der Waals surface area contributed by atoms with E-state index in [9.17, 15) is 9.90 Å². The maximum atomic E-state index is 12.3. The molecule has 25 heavy (non-hydrogen) atoms. The Labute approximate surface area is 150 Å². The van der Waals surface area contributed by atoms with Gasteiger partial charge in [-0.1, -0.05) is 0 Å². The van der Waals surface area contributed by atoms with Crippen LogP contribution in [0.2, 0.25) is 0 Å². The first kappa shape index (κ1) is 18.3. The van der Waals surface area contributed by atoms with E-state index in [2.05, 4.69) is 15.5 Å². The number of aryl methyl sites for hydroxylation is 1. The van der Waals surface area contributed by atoms with Crippen molar-refractivity contribution < 1.29 is 14.3 Å². The van der Waals surface area contributed by atoms with Crippen LogP contribution in [-0.4, -0.2) is 48.3 Å². The zero-order chi connectivity index (χ0) is 17.6. The molecule has 1 aromatic heterocycles. The predicted octanol–water partition coefficient (Wildman–Crippen LogP) is 2.58. The van der Waals surface area contributed by atoms with E-state index in [1.54, 1.807) is 0 Å². The fraction of sp³-hybridized carbons (Fsp3) is 0.737. The van der Waals surface area contributed by atoms with Crippen LogP contribution in [0.15, 0.2) is 16.5 Å². The number of hydrogen-bond donors (Lipinski definition) is 3. The fourth-order valence-electron chi connectivity index (χ4n) is 4.01. The zero-order valence-electron chi connectivity index (χ0n) is 15.2. The summed E-state index contributed by atoms with van der Waals surface area (Å²) in [4.78, 5) is 14.7. The lowest BCUT2D eigenvalue weighted by molar-refractivity contribution is 0.172. The molecule has 3 N–H and O–H groups in total. The molecule has 1 aromatic rings. The lowest BCUT2D eigenvalue weighted by Crippen LogP contribution is -2.46. The van der Waals surface area contributed by atoms with Crippen LogP contribution in [0.25, 0.3) is 0 Å². The normalized spacial score (nSPS) is 25.7. The minimum Gasteiger partial charge on any atom is -0.465 e. The van der Waals surface area contributed by atoms with Crippen LogP contribution in [-0.2, 0) is 0 Å². The SMILES string of the molecule is Cc1ccc(C(CNC(=O)NC2CCC(CO)CC2)N2CCCC2)o1. The minimum absolute atomic E-state index is 0.0973. The molecule has 0 spiro atoms. The number of aliphatic hydroxyl groups excluding tert-OH is 1. The number of nitrogens with zero attached hydrogens (tertiary/aromatic N) is 1. The van der Waals surface area contributed by atoms with Crippen LogP contribution in [0, 0.1) is 12.8 Å². The van der Waals surface area contributed by atoms with Gasteiger partial charge in [0.1, 0.15) is 11.5 Å². The largest absolute Gasteiger partial charge is 0.465 e. The predicted molar refractivity (Wildman–Crippen MR) is 96.4 cm³/mol. The molecule has 0 aromatic carbocycles. The number of nitrogens with one attached hydrogen (secondary N) is 2. The van der Waals surface area contributed by atoms with Gasteiger partial charge in [0, 0.05) is 19.2 Å². The lowest BCUT2D eigenvalue weighted by atomic mass is 9.87. The first-order chi connectivity index (χ1) is 12.2. The van der Waals surface area contributed by atoms with Crippen molar-refractivity contribution in [1.29, 1.82) is 0 Å². The smallest absolute Gasteiger partial charge is 0.315 e. The van der Waals surface area contributed by atoms with Crippen molar-refractivity contribution in [2.24, 2.45) is 5.92 Å². The first-order valence-electron chi connectivity index (χ1n) is 9.61. The summed E-state index contributed by atoms with van der Waals surface area (Å²) in [5.74, 6) is 2.25. The maximum absolute atomic E-state index is 12.3. The molecule has 3 rings (SSSR count). The number of rotatable bonds is 6. The Kier molecular flexibility index (Phi) is 6.37. The van der Waals surface area contributed by atoms with E-state index in [0.29, 0.717) is 12.5 Å². The number of urea groups is 1. The lowest BCUT2D eigenvalue weighted by Gasteiger charge is -2.29. The van der Waals surface area contributed by atoms with Gasteiger partial charge in [-0.2, -0.15) is 0 Å². The van der Waals surface area contributed by atoms with Crippen molar-refractivity contribution in [3.8, 4) is 0 Å². The molecule has 1 aliphatic heterocycles. The Balaban J connectivity index is 1.49. The molecule has 2 aliphatic rings. The van der Waals surface area contributed by atoms with Crippen molar-refractivity contribution >= 4 is 6.03 Å². The van der Waals surface area contributed by atoms with E-state index >= 15 is 0 Å². The molecule has 6 nitrogen and oxygen atoms in total. The third-order valence-electron chi connectivity index (χ3n) is 5.57. The van der Waals surface area contributed by atoms with E-state index in [0.717, 1.165) is 50.3 Å². The van der Waals surface area contributed by atoms with E-state index in [1.807, 2.05) is 19.1 Å². The van der Waals surface area contributed by atoms with E-state index in [-0.39, 0.29) is 24.7 Å². The second kappa shape index (κ2) is 8.72. The van der Waals surface area contributed by atoms with Crippen molar-refractivity contribution in [3.05, 3.63) is 23.7 Å². The first-order valence-corrected chi connectivity index (χ1v) is 9.61. The maximum Gasteiger partial charge on any atom is 0.315 e. The van der Waals surface area contributed by atoms with Gasteiger partial charge in [-0.3, -0.25) is 4.90 Å². The monoisotopic (exact) mass is 349 g/mol. The van der Waals surface area contributed by atoms with Gasteiger partial charge in [0.15, 0.2) is 0 Å². The Morgan fingerprint density at radius 2 is 2.00 bits per heavy atom. The van der Waals surface area contributed by atoms with Gasteiger partial charge in [-0.25, -0.2) is 4.79 Å². The molecule has 6 heteroatoms. The zero-order valence-corrected chi connectivity index (χ0v) is 15.2. The minimum atomic E-state index is -0.0973. The Morgan fingerprint density at radius 3 is 2.60 bits per heavy atom. The standard InChI is InChI=1S/C19H31N3O3/c1-14-4-9-18(25-14)17(22-10-2-3-11-22)12-20-19(24)21-16-7-5-15(13-23)6-8-16/h4,9,15-17,23H,2-3,5-8,10-13H2,1H3,(H2,20,21,24). The Hall–Kier alpha value is -1.53. The van der Waals surface area contributed by atoms with Gasteiger partial charge < -0.3 is 20.2 Å². The Bertz CT molecular complexity index is 546. The summed E-state index contributed by atoms with van der Waals surface area (Å²) in [6.45, 7) is 4.88. The van der Waals surface area contributed by atoms with E-state index in [4.69, 9.17) is 4.42 Å². The van der Waals surface area contributed by atoms with Crippen molar-refractivity contribution in [3.63, 3.8) is 0 Å². The van der Waals surface area contributed by atoms with E-state index in [1.165, 1.54) is 12.8 Å². The molecule has 0 radical (unpaired) electrons. The summed E-state index contributed by atoms with van der Waals surface area (Å²) in [5, 5.41) is 15.3. The molecule has 1 atom stereocenters. The molecular formula is C19H31N3O3. The highest BCUT2D eigenvalue weighted by molar-refractivity contribution is 5.74. The molecular weight excluding hydrogens is 318 g/mol. The number of aliphatic hydroxyl groups is 1. The third kappa shape index (κ3) is 4.98. The molecule has 1 aliphatic carbocycles. The summed E-state index contributed by atoms with van der Waals surface area (Å²) in [5.41, 5.74) is 0. The number of carbonyl (C=O) groups excluding carboxylic acids is 1. The highest BCUT2D eigenvalue weighted by Crippen LogP contribution is 2.26. The topological polar surface area (TPSA) is 77.7 Å². The van der Waals surface area contributed by atoms with Crippen LogP contribution in [0.3, 0.4) is 0 Å². The Morgan fingerprint density at radius 1 is 1.28 bits per heavy atom. The van der Waals surface area contributed by atoms with Gasteiger partial charge in [0.25, 0.3) is 0 Å². The molecule has 2 amide bonds. The summed E-state index contributed by atoms with van der Waals surface area (Å²) in [6, 6.07) is 4.23. The molecule has 1 saturated carbocycles. The summed E-state index contributed by atoms with van der Waals surface area (Å²) >= 11 is 0. The van der Waals surface area contributed by atoms with Crippen LogP contribution < -0.4 is 10.6 Å². The van der Waals surface area contributed by atoms with Crippen molar-refractivity contribution in [2.75, 3.05) is 26.2 Å². The number of amides is 2. The third-order valence-corrected chi connectivity index (χ3v) is 5.57. The number of likely N-dealkylation sites (tertiary alicyclic amines) is 1. The molecule has 2 heterocycles. The summed E-state index contributed by atoms with van der Waals surface area (Å²) < 4.78 is 5.83. The second-order valence-corrected chi connectivity index (χ2v) is 7.46. The number of hydrogen-bond acceptors (Lipinski definition) is 4. The van der Waals surface area contributed by atoms with Crippen LogP contribution in [0.5, 0.6) is 0 Å². The summed E-state index contributed by atoms with van der Waals surface area (Å²) in [6.07, 6.45) is 6.29. The average molecular weight is 349 g/mol. The second-order valence-electron chi connectivity index (χ2n) is 7.46. The van der Waals surface area contributed by atoms with Gasteiger partial charge in [-0.05, 0) is 76.6 Å². The number of furan rings is 1. The number of carbonyl (C=O) groups is 1. The average Bonchev–Trinajstić information content (AvgIpc) is 3.28. The van der Waals surface area contributed by atoms with Crippen LogP contribution >= 0.6 is 0 Å². The molecule has 0 bridgehead atoms. The molecule has 140 valence electrons. The quantitative estimate of drug-likeness (QED) is 0.738. The highest BCUT2D eigenvalue weighted by atomic mass is 16.3. The van der Waals surface area contributed by atoms with Gasteiger partial charge in [-0.15, -0.1) is 0 Å². The van der Waals surface area contributed by atoms with Gasteiger partial charge in [0.05, 0.1) is 6.04 Å². The fourth-order valence-corrected chi connectivity index (χ4v) is 4.01. The molecule has 1 saturated heterocycles. The van der Waals surface area contributed by atoms with Gasteiger partial charge in [0.2, 0.25) is 0 Å². The van der Waals surface area contributed by atoms with Crippen molar-refractivity contribution in [2.45, 2.75) is 57.5 Å². The molecule has 2 fully saturated rings. The van der Waals surface area contributed by atoms with E-state index < -0.39 is 0 Å². The van der Waals surface area contributed by atoms with Crippen molar-refractivity contribution in [1.82, 2.24) is 15.5 Å². The summed E-state index contributed by atoms with van der Waals surface area (Å²) in [7, 11) is 0. The van der Waals surface area contributed by atoms with Gasteiger partial charge >= 0.3 is 6.03 Å².